The number of rotatable bonds is 2. The molecule has 84 valence electrons. The molecule has 5 nitrogen and oxygen atoms in total. The summed E-state index contributed by atoms with van der Waals surface area (Å²) >= 11 is 0. The first-order chi connectivity index (χ1) is 8.36. The van der Waals surface area contributed by atoms with Gasteiger partial charge in [-0.05, 0) is 23.8 Å². The van der Waals surface area contributed by atoms with Crippen molar-refractivity contribution in [3.63, 3.8) is 0 Å². The van der Waals surface area contributed by atoms with E-state index in [-0.39, 0.29) is 0 Å². The zero-order valence-corrected chi connectivity index (χ0v) is 9.11. The molecule has 0 aliphatic carbocycles. The van der Waals surface area contributed by atoms with Gasteiger partial charge in [-0.25, -0.2) is 9.50 Å². The maximum Gasteiger partial charge on any atom is 0.183 e. The van der Waals surface area contributed by atoms with Crippen molar-refractivity contribution in [3.05, 3.63) is 48.4 Å². The summed E-state index contributed by atoms with van der Waals surface area (Å²) in [5, 5.41) is 4.40. The topological polar surface area (TPSA) is 69.1 Å². The third-order valence-corrected chi connectivity index (χ3v) is 2.55. The number of nitrogens with two attached hydrogens (primary N) is 1. The molecule has 0 aromatic carbocycles. The highest BCUT2D eigenvalue weighted by molar-refractivity contribution is 5.56. The molecule has 3 rings (SSSR count). The SMILES string of the molecule is NCc1ccc2nc(-c3cccnc3)nn2c1. The minimum absolute atomic E-state index is 0.498. The fourth-order valence-electron chi connectivity index (χ4n) is 1.66. The zero-order chi connectivity index (χ0) is 11.7. The molecular weight excluding hydrogens is 214 g/mol. The van der Waals surface area contributed by atoms with E-state index in [4.69, 9.17) is 5.73 Å². The van der Waals surface area contributed by atoms with Crippen LogP contribution in [0.25, 0.3) is 17.0 Å². The number of aromatic nitrogens is 4. The van der Waals surface area contributed by atoms with Gasteiger partial charge in [0.05, 0.1) is 0 Å². The molecule has 3 aromatic heterocycles. The Morgan fingerprint density at radius 2 is 2.18 bits per heavy atom. The van der Waals surface area contributed by atoms with E-state index in [0.717, 1.165) is 16.8 Å². The van der Waals surface area contributed by atoms with E-state index in [2.05, 4.69) is 15.1 Å². The Bertz CT molecular complexity index is 644. The Morgan fingerprint density at radius 1 is 1.24 bits per heavy atom. The lowest BCUT2D eigenvalue weighted by atomic mass is 10.3. The average molecular weight is 225 g/mol. The molecule has 0 saturated carbocycles. The normalized spacial score (nSPS) is 10.9. The van der Waals surface area contributed by atoms with Gasteiger partial charge in [0.2, 0.25) is 0 Å². The summed E-state index contributed by atoms with van der Waals surface area (Å²) in [5.74, 6) is 0.673. The van der Waals surface area contributed by atoms with Crippen molar-refractivity contribution in [2.45, 2.75) is 6.54 Å². The molecule has 5 heteroatoms. The maximum absolute atomic E-state index is 5.59. The first-order valence-corrected chi connectivity index (χ1v) is 5.32. The molecule has 0 saturated heterocycles. The number of nitrogens with zero attached hydrogens (tertiary/aromatic N) is 4. The molecule has 0 radical (unpaired) electrons. The van der Waals surface area contributed by atoms with E-state index in [0.29, 0.717) is 12.4 Å². The molecular formula is C12H11N5. The van der Waals surface area contributed by atoms with Crippen LogP contribution in [-0.2, 0) is 6.54 Å². The largest absolute Gasteiger partial charge is 0.326 e. The third-order valence-electron chi connectivity index (χ3n) is 2.55. The summed E-state index contributed by atoms with van der Waals surface area (Å²) in [5.41, 5.74) is 8.33. The van der Waals surface area contributed by atoms with E-state index >= 15 is 0 Å². The second kappa shape index (κ2) is 3.95. The van der Waals surface area contributed by atoms with Crippen LogP contribution in [0.1, 0.15) is 5.56 Å². The summed E-state index contributed by atoms with van der Waals surface area (Å²) < 4.78 is 1.74. The van der Waals surface area contributed by atoms with Gasteiger partial charge in [-0.2, -0.15) is 0 Å². The van der Waals surface area contributed by atoms with Crippen molar-refractivity contribution in [2.24, 2.45) is 5.73 Å². The van der Waals surface area contributed by atoms with Gasteiger partial charge in [0.1, 0.15) is 0 Å². The predicted octanol–water partition coefficient (Wildman–Crippen LogP) is 1.25. The highest BCUT2D eigenvalue weighted by Crippen LogP contribution is 2.14. The molecule has 3 aromatic rings. The molecule has 17 heavy (non-hydrogen) atoms. The van der Waals surface area contributed by atoms with Crippen molar-refractivity contribution >= 4 is 5.65 Å². The van der Waals surface area contributed by atoms with E-state index in [9.17, 15) is 0 Å². The summed E-state index contributed by atoms with van der Waals surface area (Å²) in [6, 6.07) is 7.67. The Kier molecular flexibility index (Phi) is 2.31. The van der Waals surface area contributed by atoms with Crippen LogP contribution in [-0.4, -0.2) is 19.6 Å². The van der Waals surface area contributed by atoms with Crippen LogP contribution < -0.4 is 5.73 Å². The minimum atomic E-state index is 0.498. The molecule has 0 amide bonds. The highest BCUT2D eigenvalue weighted by atomic mass is 15.3. The van der Waals surface area contributed by atoms with E-state index < -0.39 is 0 Å². The van der Waals surface area contributed by atoms with Crippen LogP contribution in [0, 0.1) is 0 Å². The monoisotopic (exact) mass is 225 g/mol. The number of pyridine rings is 2. The standard InChI is InChI=1S/C12H11N5/c13-6-9-3-4-11-15-12(16-17(11)8-9)10-2-1-5-14-7-10/h1-5,7-8H,6,13H2. The molecule has 3 heterocycles. The van der Waals surface area contributed by atoms with Crippen molar-refractivity contribution in [1.29, 1.82) is 0 Å². The Balaban J connectivity index is 2.14. The van der Waals surface area contributed by atoms with Gasteiger partial charge in [0, 0.05) is 30.7 Å². The fraction of sp³-hybridized carbons (Fsp3) is 0.0833. The Labute approximate surface area is 97.9 Å². The lowest BCUT2D eigenvalue weighted by molar-refractivity contribution is 0.930. The lowest BCUT2D eigenvalue weighted by Crippen LogP contribution is -1.98. The molecule has 0 spiro atoms. The first kappa shape index (κ1) is 9.92. The van der Waals surface area contributed by atoms with Crippen LogP contribution in [0.2, 0.25) is 0 Å². The molecule has 0 unspecified atom stereocenters. The fourth-order valence-corrected chi connectivity index (χ4v) is 1.66. The van der Waals surface area contributed by atoms with E-state index in [1.165, 1.54) is 0 Å². The Hall–Kier alpha value is -2.27. The molecule has 0 atom stereocenters. The highest BCUT2D eigenvalue weighted by Gasteiger charge is 2.06. The van der Waals surface area contributed by atoms with Crippen LogP contribution in [0.3, 0.4) is 0 Å². The van der Waals surface area contributed by atoms with Gasteiger partial charge in [-0.15, -0.1) is 5.10 Å². The van der Waals surface area contributed by atoms with E-state index in [1.807, 2.05) is 30.5 Å². The quantitative estimate of drug-likeness (QED) is 0.712. The first-order valence-electron chi connectivity index (χ1n) is 5.32. The van der Waals surface area contributed by atoms with Crippen molar-refractivity contribution in [2.75, 3.05) is 0 Å². The summed E-state index contributed by atoms with van der Waals surface area (Å²) in [7, 11) is 0. The number of hydrogen-bond acceptors (Lipinski definition) is 4. The molecule has 2 N–H and O–H groups in total. The van der Waals surface area contributed by atoms with Crippen LogP contribution in [0.15, 0.2) is 42.9 Å². The number of hydrogen-bond donors (Lipinski definition) is 1. The summed E-state index contributed by atoms with van der Waals surface area (Å²) in [4.78, 5) is 8.49. The second-order valence-corrected chi connectivity index (χ2v) is 3.72. The smallest absolute Gasteiger partial charge is 0.183 e. The van der Waals surface area contributed by atoms with Crippen molar-refractivity contribution < 1.29 is 0 Å². The van der Waals surface area contributed by atoms with Crippen LogP contribution >= 0.6 is 0 Å². The average Bonchev–Trinajstić information content (AvgIpc) is 2.82. The maximum atomic E-state index is 5.59. The third kappa shape index (κ3) is 1.76. The zero-order valence-electron chi connectivity index (χ0n) is 9.11. The summed E-state index contributed by atoms with van der Waals surface area (Å²) in [6.45, 7) is 0.498. The van der Waals surface area contributed by atoms with Gasteiger partial charge in [0.15, 0.2) is 11.5 Å². The molecule has 0 aliphatic heterocycles. The van der Waals surface area contributed by atoms with Gasteiger partial charge in [-0.3, -0.25) is 4.98 Å². The van der Waals surface area contributed by atoms with E-state index in [1.54, 1.807) is 16.9 Å². The predicted molar refractivity (Wildman–Crippen MR) is 64.1 cm³/mol. The van der Waals surface area contributed by atoms with Crippen LogP contribution in [0.4, 0.5) is 0 Å². The van der Waals surface area contributed by atoms with Gasteiger partial charge in [-0.1, -0.05) is 6.07 Å². The minimum Gasteiger partial charge on any atom is -0.326 e. The second-order valence-electron chi connectivity index (χ2n) is 3.72. The molecule has 0 fully saturated rings. The lowest BCUT2D eigenvalue weighted by Gasteiger charge is -1.95. The molecule has 0 aliphatic rings. The Morgan fingerprint density at radius 3 is 2.94 bits per heavy atom. The number of fused-ring (bicyclic) bond motifs is 1. The van der Waals surface area contributed by atoms with Crippen molar-refractivity contribution in [1.82, 2.24) is 19.6 Å². The van der Waals surface area contributed by atoms with Gasteiger partial charge >= 0.3 is 0 Å². The summed E-state index contributed by atoms with van der Waals surface area (Å²) in [6.07, 6.45) is 5.37. The van der Waals surface area contributed by atoms with Crippen LogP contribution in [0.5, 0.6) is 0 Å². The molecule has 0 bridgehead atoms. The van der Waals surface area contributed by atoms with Gasteiger partial charge in [0.25, 0.3) is 0 Å². The van der Waals surface area contributed by atoms with Gasteiger partial charge < -0.3 is 5.73 Å². The van der Waals surface area contributed by atoms with Crippen molar-refractivity contribution in [3.8, 4) is 11.4 Å².